The molecule has 8 heteroatoms. The highest BCUT2D eigenvalue weighted by Crippen LogP contribution is 2.25. The molecule has 0 atom stereocenters. The van der Waals surface area contributed by atoms with Crippen molar-refractivity contribution in [2.24, 2.45) is 0 Å². The molecule has 0 saturated heterocycles. The van der Waals surface area contributed by atoms with Gasteiger partial charge in [0.2, 0.25) is 11.8 Å². The first-order chi connectivity index (χ1) is 14.0. The first kappa shape index (κ1) is 21.1. The molecule has 0 aliphatic carbocycles. The van der Waals surface area contributed by atoms with Gasteiger partial charge in [0.05, 0.1) is 22.7 Å². The second-order valence-corrected chi connectivity index (χ2v) is 7.17. The van der Waals surface area contributed by atoms with Gasteiger partial charge >= 0.3 is 0 Å². The van der Waals surface area contributed by atoms with Crippen molar-refractivity contribution in [3.8, 4) is 5.88 Å². The molecule has 0 saturated carbocycles. The second kappa shape index (κ2) is 9.71. The molecular weight excluding hydrogens is 392 g/mol. The summed E-state index contributed by atoms with van der Waals surface area (Å²) in [7, 11) is 0. The largest absolute Gasteiger partial charge is 0.474 e. The van der Waals surface area contributed by atoms with Gasteiger partial charge in [0.15, 0.2) is 0 Å². The van der Waals surface area contributed by atoms with E-state index < -0.39 is 0 Å². The summed E-state index contributed by atoms with van der Waals surface area (Å²) in [6.45, 7) is 7.74. The lowest BCUT2D eigenvalue weighted by Crippen LogP contribution is -2.17. The molecule has 0 aliphatic heterocycles. The monoisotopic (exact) mass is 416 g/mol. The Morgan fingerprint density at radius 1 is 1.31 bits per heavy atom. The van der Waals surface area contributed by atoms with Crippen LogP contribution in [0.4, 0.5) is 5.95 Å². The van der Waals surface area contributed by atoms with Gasteiger partial charge in [0.1, 0.15) is 5.02 Å². The number of rotatable bonds is 9. The molecule has 0 fully saturated rings. The van der Waals surface area contributed by atoms with Crippen molar-refractivity contribution in [2.75, 3.05) is 18.5 Å². The summed E-state index contributed by atoms with van der Waals surface area (Å²) in [6, 6.07) is 9.31. The van der Waals surface area contributed by atoms with E-state index in [1.165, 1.54) is 6.20 Å². The molecule has 3 aromatic rings. The Morgan fingerprint density at radius 3 is 2.83 bits per heavy atom. The quantitative estimate of drug-likeness (QED) is 0.517. The number of anilines is 1. The summed E-state index contributed by atoms with van der Waals surface area (Å²) in [6.07, 6.45) is 2.20. The van der Waals surface area contributed by atoms with Gasteiger partial charge in [-0.05, 0) is 45.4 Å². The highest BCUT2D eigenvalue weighted by Gasteiger charge is 2.16. The Morgan fingerprint density at radius 2 is 2.10 bits per heavy atom. The number of nitrogens with one attached hydrogen (secondary N) is 1. The number of pyridine rings is 1. The number of carbonyl (C=O) groups excluding carboxylic acids is 1. The number of benzene rings is 1. The van der Waals surface area contributed by atoms with E-state index in [2.05, 4.69) is 15.3 Å². The third kappa shape index (κ3) is 5.25. The first-order valence-electron chi connectivity index (χ1n) is 9.66. The number of fused-ring (bicyclic) bond motifs is 1. The minimum Gasteiger partial charge on any atom is -0.474 e. The van der Waals surface area contributed by atoms with Gasteiger partial charge in [-0.1, -0.05) is 23.7 Å². The minimum absolute atomic E-state index is 0.0590. The summed E-state index contributed by atoms with van der Waals surface area (Å²) < 4.78 is 12.9. The number of hydrogen-bond acceptors (Lipinski definition) is 5. The number of aryl methyl sites for hydroxylation is 1. The number of halogens is 1. The van der Waals surface area contributed by atoms with E-state index in [9.17, 15) is 4.79 Å². The van der Waals surface area contributed by atoms with Crippen LogP contribution in [0.1, 0.15) is 37.6 Å². The lowest BCUT2D eigenvalue weighted by atomic mass is 10.2. The van der Waals surface area contributed by atoms with Crippen LogP contribution in [0, 0.1) is 0 Å². The van der Waals surface area contributed by atoms with Crippen molar-refractivity contribution in [3.63, 3.8) is 0 Å². The van der Waals surface area contributed by atoms with Crippen LogP contribution >= 0.6 is 11.6 Å². The lowest BCUT2D eigenvalue weighted by molar-refractivity contribution is 0.102. The van der Waals surface area contributed by atoms with E-state index >= 15 is 0 Å². The Kier molecular flexibility index (Phi) is 7.06. The fraction of sp³-hybridized carbons (Fsp3) is 0.381. The number of hydrogen-bond donors (Lipinski definition) is 1. The topological polar surface area (TPSA) is 78.3 Å². The molecule has 29 heavy (non-hydrogen) atoms. The van der Waals surface area contributed by atoms with Crippen molar-refractivity contribution in [1.29, 1.82) is 0 Å². The predicted octanol–water partition coefficient (Wildman–Crippen LogP) is 4.55. The molecule has 0 spiro atoms. The fourth-order valence-corrected chi connectivity index (χ4v) is 3.11. The standard InChI is InChI=1S/C21H25ClN4O3/c1-4-28-11-7-10-26-18-9-6-5-8-17(18)24-21(26)25-19(27)15-12-16(22)20(23-13-15)29-14(2)3/h5-6,8-9,12-14H,4,7,10-11H2,1-3H3,(H,24,25,27). The Balaban J connectivity index is 1.81. The van der Waals surface area contributed by atoms with Gasteiger partial charge in [0.25, 0.3) is 5.91 Å². The molecule has 0 unspecified atom stereocenters. The maximum Gasteiger partial charge on any atom is 0.259 e. The summed E-state index contributed by atoms with van der Waals surface area (Å²) >= 11 is 6.21. The molecular formula is C21H25ClN4O3. The summed E-state index contributed by atoms with van der Waals surface area (Å²) in [5.74, 6) is 0.449. The van der Waals surface area contributed by atoms with Crippen molar-refractivity contribution < 1.29 is 14.3 Å². The molecule has 2 aromatic heterocycles. The van der Waals surface area contributed by atoms with E-state index in [1.54, 1.807) is 6.07 Å². The third-order valence-corrected chi connectivity index (χ3v) is 4.44. The van der Waals surface area contributed by atoms with Gasteiger partial charge in [0, 0.05) is 26.0 Å². The SMILES string of the molecule is CCOCCCn1c(NC(=O)c2cnc(OC(C)C)c(Cl)c2)nc2ccccc21. The number of para-hydroxylation sites is 2. The number of nitrogens with zero attached hydrogens (tertiary/aromatic N) is 3. The van der Waals surface area contributed by atoms with Crippen molar-refractivity contribution in [3.05, 3.63) is 47.1 Å². The van der Waals surface area contributed by atoms with E-state index in [4.69, 9.17) is 21.1 Å². The van der Waals surface area contributed by atoms with Gasteiger partial charge in [-0.15, -0.1) is 0 Å². The van der Waals surface area contributed by atoms with Crippen LogP contribution in [0.2, 0.25) is 5.02 Å². The van der Waals surface area contributed by atoms with Gasteiger partial charge in [-0.25, -0.2) is 9.97 Å². The third-order valence-electron chi connectivity index (χ3n) is 4.17. The van der Waals surface area contributed by atoms with Crippen LogP contribution in [-0.4, -0.2) is 39.8 Å². The molecule has 0 aliphatic rings. The maximum atomic E-state index is 12.8. The molecule has 0 radical (unpaired) electrons. The average Bonchev–Trinajstić information content (AvgIpc) is 3.03. The van der Waals surface area contributed by atoms with Crippen LogP contribution in [0.5, 0.6) is 5.88 Å². The highest BCUT2D eigenvalue weighted by molar-refractivity contribution is 6.32. The number of amides is 1. The Hall–Kier alpha value is -2.64. The van der Waals surface area contributed by atoms with Gasteiger partial charge in [-0.2, -0.15) is 0 Å². The molecule has 1 aromatic carbocycles. The molecule has 3 rings (SSSR count). The van der Waals surface area contributed by atoms with Crippen LogP contribution in [-0.2, 0) is 11.3 Å². The van der Waals surface area contributed by atoms with E-state index in [-0.39, 0.29) is 17.0 Å². The summed E-state index contributed by atoms with van der Waals surface area (Å²) in [5.41, 5.74) is 2.10. The van der Waals surface area contributed by atoms with Crippen LogP contribution in [0.25, 0.3) is 11.0 Å². The number of carbonyl (C=O) groups is 1. The maximum absolute atomic E-state index is 12.8. The summed E-state index contributed by atoms with van der Waals surface area (Å²) in [5, 5.41) is 3.17. The zero-order chi connectivity index (χ0) is 20.8. The van der Waals surface area contributed by atoms with Crippen molar-refractivity contribution >= 4 is 34.5 Å². The van der Waals surface area contributed by atoms with Gasteiger partial charge in [-0.3, -0.25) is 10.1 Å². The molecule has 0 bridgehead atoms. The molecule has 1 N–H and O–H groups in total. The number of imidazole rings is 1. The average molecular weight is 417 g/mol. The first-order valence-corrected chi connectivity index (χ1v) is 10.0. The van der Waals surface area contributed by atoms with Crippen LogP contribution in [0.15, 0.2) is 36.5 Å². The normalized spacial score (nSPS) is 11.2. The summed E-state index contributed by atoms with van der Waals surface area (Å²) in [4.78, 5) is 21.5. The Labute approximate surface area is 175 Å². The fourth-order valence-electron chi connectivity index (χ4n) is 2.90. The zero-order valence-electron chi connectivity index (χ0n) is 16.8. The molecule has 2 heterocycles. The van der Waals surface area contributed by atoms with E-state index in [0.29, 0.717) is 37.2 Å². The van der Waals surface area contributed by atoms with Crippen LogP contribution in [0.3, 0.4) is 0 Å². The zero-order valence-corrected chi connectivity index (χ0v) is 17.6. The van der Waals surface area contributed by atoms with Crippen molar-refractivity contribution in [1.82, 2.24) is 14.5 Å². The van der Waals surface area contributed by atoms with E-state index in [1.807, 2.05) is 49.6 Å². The van der Waals surface area contributed by atoms with Gasteiger partial charge < -0.3 is 14.0 Å². The second-order valence-electron chi connectivity index (χ2n) is 6.76. The number of aromatic nitrogens is 3. The number of ether oxygens (including phenoxy) is 2. The van der Waals surface area contributed by atoms with E-state index in [0.717, 1.165) is 17.5 Å². The molecule has 1 amide bonds. The van der Waals surface area contributed by atoms with Crippen LogP contribution < -0.4 is 10.1 Å². The van der Waals surface area contributed by atoms with Crippen molar-refractivity contribution in [2.45, 2.75) is 39.8 Å². The molecule has 154 valence electrons. The molecule has 7 nitrogen and oxygen atoms in total. The lowest BCUT2D eigenvalue weighted by Gasteiger charge is -2.12. The highest BCUT2D eigenvalue weighted by atomic mass is 35.5. The Bertz CT molecular complexity index is 987. The predicted molar refractivity (Wildman–Crippen MR) is 114 cm³/mol. The minimum atomic E-state index is -0.336. The smallest absolute Gasteiger partial charge is 0.259 e.